The molecule has 0 radical (unpaired) electrons. The van der Waals surface area contributed by atoms with Crippen LogP contribution in [-0.4, -0.2) is 27.3 Å². The first-order chi connectivity index (χ1) is 13.6. The van der Waals surface area contributed by atoms with E-state index in [0.29, 0.717) is 19.3 Å². The van der Waals surface area contributed by atoms with E-state index in [2.05, 4.69) is 10.4 Å². The fraction of sp³-hybridized carbons (Fsp3) is 0.364. The van der Waals surface area contributed by atoms with Gasteiger partial charge in [0.1, 0.15) is 5.54 Å². The number of esters is 1. The summed E-state index contributed by atoms with van der Waals surface area (Å²) >= 11 is 0. The van der Waals surface area contributed by atoms with Crippen LogP contribution >= 0.6 is 0 Å². The summed E-state index contributed by atoms with van der Waals surface area (Å²) in [5.41, 5.74) is 6.39. The van der Waals surface area contributed by atoms with Crippen LogP contribution in [0, 0.1) is 0 Å². The molecule has 2 unspecified atom stereocenters. The molecule has 0 saturated heterocycles. The molecule has 0 spiro atoms. The predicted molar refractivity (Wildman–Crippen MR) is 108 cm³/mol. The van der Waals surface area contributed by atoms with E-state index in [4.69, 9.17) is 10.5 Å². The van der Waals surface area contributed by atoms with Gasteiger partial charge in [0, 0.05) is 17.5 Å². The van der Waals surface area contributed by atoms with E-state index in [9.17, 15) is 4.79 Å². The number of hydrogen-bond acceptors (Lipinski definition) is 5. The van der Waals surface area contributed by atoms with Crippen molar-refractivity contribution in [1.82, 2.24) is 9.78 Å². The Hall–Kier alpha value is -2.86. The Morgan fingerprint density at radius 2 is 1.86 bits per heavy atom. The van der Waals surface area contributed by atoms with Gasteiger partial charge in [0.15, 0.2) is 0 Å². The van der Waals surface area contributed by atoms with E-state index in [-0.39, 0.29) is 12.0 Å². The third kappa shape index (κ3) is 2.76. The Morgan fingerprint density at radius 1 is 1.11 bits per heavy atom. The normalized spacial score (nSPS) is 25.5. The van der Waals surface area contributed by atoms with Crippen molar-refractivity contribution in [2.75, 3.05) is 5.32 Å². The van der Waals surface area contributed by atoms with Crippen LogP contribution in [0.25, 0.3) is 10.9 Å². The lowest BCUT2D eigenvalue weighted by Gasteiger charge is -2.37. The molecular formula is C22H24N4O2. The number of rotatable bonds is 5. The minimum atomic E-state index is -0.898. The van der Waals surface area contributed by atoms with Gasteiger partial charge >= 0.3 is 5.97 Å². The highest BCUT2D eigenvalue weighted by molar-refractivity contribution is 5.84. The first kappa shape index (κ1) is 17.3. The highest BCUT2D eigenvalue weighted by Gasteiger charge is 2.55. The van der Waals surface area contributed by atoms with Gasteiger partial charge in [-0.05, 0) is 43.9 Å². The zero-order valence-electron chi connectivity index (χ0n) is 15.7. The number of fused-ring (bicyclic) bond motifs is 1. The van der Waals surface area contributed by atoms with Crippen molar-refractivity contribution in [2.24, 2.45) is 5.73 Å². The molecule has 2 aliphatic carbocycles. The van der Waals surface area contributed by atoms with Gasteiger partial charge in [0.25, 0.3) is 0 Å². The molecule has 2 fully saturated rings. The molecule has 2 atom stereocenters. The third-order valence-corrected chi connectivity index (χ3v) is 5.99. The third-order valence-electron chi connectivity index (χ3n) is 5.99. The number of nitrogens with one attached hydrogen (secondary N) is 1. The molecule has 3 N–H and O–H groups in total. The van der Waals surface area contributed by atoms with Gasteiger partial charge in [-0.2, -0.15) is 5.10 Å². The zero-order chi connectivity index (χ0) is 19.2. The number of nitrogens with zero attached hydrogens (tertiary/aromatic N) is 2. The number of benzene rings is 2. The van der Waals surface area contributed by atoms with Crippen LogP contribution in [0.1, 0.15) is 32.1 Å². The van der Waals surface area contributed by atoms with Gasteiger partial charge in [0.05, 0.1) is 17.8 Å². The maximum absolute atomic E-state index is 12.9. The Balaban J connectivity index is 1.58. The second kappa shape index (κ2) is 6.34. The highest BCUT2D eigenvalue weighted by Crippen LogP contribution is 2.44. The number of para-hydroxylation sites is 2. The lowest BCUT2D eigenvalue weighted by atomic mass is 10.1. The van der Waals surface area contributed by atoms with E-state index in [1.807, 2.05) is 65.5 Å². The fourth-order valence-electron chi connectivity index (χ4n) is 4.17. The molecule has 6 heteroatoms. The molecule has 6 nitrogen and oxygen atoms in total. The van der Waals surface area contributed by atoms with Crippen molar-refractivity contribution in [1.29, 1.82) is 0 Å². The molecule has 5 rings (SSSR count). The maximum Gasteiger partial charge on any atom is 0.328 e. The molecule has 28 heavy (non-hydrogen) atoms. The van der Waals surface area contributed by atoms with Crippen LogP contribution in [-0.2, 0) is 15.3 Å². The molecule has 3 aromatic rings. The van der Waals surface area contributed by atoms with E-state index in [0.717, 1.165) is 29.4 Å². The number of carbonyl (C=O) groups is 1. The molecule has 1 aromatic heterocycles. The number of nitrogens with two attached hydrogens (primary N) is 1. The van der Waals surface area contributed by atoms with Crippen LogP contribution in [0.15, 0.2) is 60.8 Å². The molecule has 2 aliphatic rings. The number of hydrogen-bond donors (Lipinski definition) is 2. The Bertz CT molecular complexity index is 1010. The van der Waals surface area contributed by atoms with E-state index >= 15 is 0 Å². The van der Waals surface area contributed by atoms with Crippen molar-refractivity contribution in [3.63, 3.8) is 0 Å². The van der Waals surface area contributed by atoms with Crippen LogP contribution in [0.5, 0.6) is 0 Å². The molecule has 2 aromatic carbocycles. The fourth-order valence-corrected chi connectivity index (χ4v) is 4.17. The van der Waals surface area contributed by atoms with Crippen LogP contribution in [0.2, 0.25) is 0 Å². The summed E-state index contributed by atoms with van der Waals surface area (Å²) in [5, 5.41) is 9.26. The molecule has 0 bridgehead atoms. The van der Waals surface area contributed by atoms with Crippen molar-refractivity contribution in [3.8, 4) is 0 Å². The summed E-state index contributed by atoms with van der Waals surface area (Å²) in [6.45, 7) is 0. The summed E-state index contributed by atoms with van der Waals surface area (Å²) in [5.74, 6) is -0.325. The number of anilines is 1. The van der Waals surface area contributed by atoms with Crippen LogP contribution < -0.4 is 11.1 Å². The van der Waals surface area contributed by atoms with Gasteiger partial charge in [0.2, 0.25) is 5.72 Å². The summed E-state index contributed by atoms with van der Waals surface area (Å²) in [6, 6.07) is 17.9. The van der Waals surface area contributed by atoms with Crippen molar-refractivity contribution in [2.45, 2.75) is 49.4 Å². The Labute approximate surface area is 163 Å². The maximum atomic E-state index is 12.9. The monoisotopic (exact) mass is 376 g/mol. The van der Waals surface area contributed by atoms with E-state index in [1.165, 1.54) is 0 Å². The van der Waals surface area contributed by atoms with E-state index in [1.54, 1.807) is 0 Å². The first-order valence-corrected chi connectivity index (χ1v) is 9.88. The highest BCUT2D eigenvalue weighted by atomic mass is 16.6. The first-order valence-electron chi connectivity index (χ1n) is 9.88. The standard InChI is InChI=1S/C22H24N4O2/c23-21(13-14-21)20(27)28-22(26-18-10-5-4-7-16(18)15-24-26)12-6-11-19(22)25-17-8-2-1-3-9-17/h1-5,7-10,15,19,25H,6,11-14,23H2. The van der Waals surface area contributed by atoms with Gasteiger partial charge < -0.3 is 15.8 Å². The summed E-state index contributed by atoms with van der Waals surface area (Å²) in [7, 11) is 0. The zero-order valence-corrected chi connectivity index (χ0v) is 15.7. The van der Waals surface area contributed by atoms with Gasteiger partial charge in [-0.15, -0.1) is 0 Å². The average molecular weight is 376 g/mol. The van der Waals surface area contributed by atoms with Crippen molar-refractivity contribution < 1.29 is 9.53 Å². The second-order valence-corrected chi connectivity index (χ2v) is 7.96. The van der Waals surface area contributed by atoms with Crippen LogP contribution in [0.3, 0.4) is 0 Å². The minimum absolute atomic E-state index is 0.0930. The Kier molecular flexibility index (Phi) is 3.91. The molecule has 0 aliphatic heterocycles. The average Bonchev–Trinajstić information content (AvgIpc) is 3.15. The number of aromatic nitrogens is 2. The number of carbonyl (C=O) groups excluding carboxylic acids is 1. The van der Waals surface area contributed by atoms with Crippen LogP contribution in [0.4, 0.5) is 5.69 Å². The van der Waals surface area contributed by atoms with Crippen molar-refractivity contribution in [3.05, 3.63) is 60.8 Å². The predicted octanol–water partition coefficient (Wildman–Crippen LogP) is 3.39. The summed E-state index contributed by atoms with van der Waals surface area (Å²) < 4.78 is 8.13. The minimum Gasteiger partial charge on any atom is -0.433 e. The van der Waals surface area contributed by atoms with Crippen molar-refractivity contribution >= 4 is 22.6 Å². The SMILES string of the molecule is NC1(C(=O)OC2(n3ncc4ccccc43)CCCC2Nc2ccccc2)CC1. The molecule has 2 saturated carbocycles. The summed E-state index contributed by atoms with van der Waals surface area (Å²) in [6.07, 6.45) is 5.71. The van der Waals surface area contributed by atoms with Gasteiger partial charge in [-0.1, -0.05) is 36.4 Å². The Morgan fingerprint density at radius 3 is 2.64 bits per heavy atom. The molecule has 0 amide bonds. The quantitative estimate of drug-likeness (QED) is 0.667. The smallest absolute Gasteiger partial charge is 0.328 e. The summed E-state index contributed by atoms with van der Waals surface area (Å²) in [4.78, 5) is 12.9. The number of ether oxygens (including phenoxy) is 1. The molecule has 144 valence electrons. The topological polar surface area (TPSA) is 82.2 Å². The lowest BCUT2D eigenvalue weighted by molar-refractivity contribution is -0.177. The second-order valence-electron chi connectivity index (χ2n) is 7.96. The molecular weight excluding hydrogens is 352 g/mol. The van der Waals surface area contributed by atoms with Gasteiger partial charge in [-0.3, -0.25) is 0 Å². The van der Waals surface area contributed by atoms with Gasteiger partial charge in [-0.25, -0.2) is 9.48 Å². The van der Waals surface area contributed by atoms with E-state index < -0.39 is 11.3 Å². The molecule has 1 heterocycles. The largest absolute Gasteiger partial charge is 0.433 e. The lowest BCUT2D eigenvalue weighted by Crippen LogP contribution is -2.52.